The third-order valence-electron chi connectivity index (χ3n) is 3.59. The van der Waals surface area contributed by atoms with E-state index in [-0.39, 0.29) is 4.90 Å². The number of rotatable bonds is 7. The molecule has 0 aliphatic carbocycles. The summed E-state index contributed by atoms with van der Waals surface area (Å²) in [6.45, 7) is 1.84. The lowest BCUT2D eigenvalue weighted by Gasteiger charge is -2.19. The van der Waals surface area contributed by atoms with Crippen molar-refractivity contribution in [2.24, 2.45) is 5.73 Å². The van der Waals surface area contributed by atoms with E-state index in [4.69, 9.17) is 10.8 Å². The molecule has 0 aliphatic heterocycles. The molecule has 4 N–H and O–H groups in total. The summed E-state index contributed by atoms with van der Waals surface area (Å²) in [6.07, 6.45) is 3.07. The van der Waals surface area contributed by atoms with Gasteiger partial charge in [0.1, 0.15) is 6.04 Å². The van der Waals surface area contributed by atoms with Crippen LogP contribution in [0.3, 0.4) is 0 Å². The largest absolute Gasteiger partial charge is 0.480 e. The molecule has 25 heavy (non-hydrogen) atoms. The molecule has 0 heterocycles. The Morgan fingerprint density at radius 1 is 1.12 bits per heavy atom. The number of hydrogen-bond acceptors (Lipinski definition) is 4. The number of carbonyl (C=O) groups is 1. The lowest BCUT2D eigenvalue weighted by atomic mass is 10.1. The number of aliphatic carboxylic acids is 1. The first-order valence-corrected chi connectivity index (χ1v) is 9.08. The van der Waals surface area contributed by atoms with Crippen LogP contribution in [0.4, 0.5) is 0 Å². The first-order valence-electron chi connectivity index (χ1n) is 7.60. The number of nitrogens with one attached hydrogen (secondary N) is 1. The van der Waals surface area contributed by atoms with E-state index in [0.29, 0.717) is 0 Å². The molecular formula is C18H20N2O4S. The first-order chi connectivity index (χ1) is 11.8. The minimum atomic E-state index is -3.90. The molecule has 0 aliphatic rings. The van der Waals surface area contributed by atoms with Crippen molar-refractivity contribution in [1.29, 1.82) is 0 Å². The second kappa shape index (κ2) is 8.06. The molecule has 2 atom stereocenters. The first kappa shape index (κ1) is 18.9. The van der Waals surface area contributed by atoms with E-state index in [1.165, 1.54) is 18.2 Å². The number of sulfonamides is 1. The molecular weight excluding hydrogens is 340 g/mol. The van der Waals surface area contributed by atoms with Crippen molar-refractivity contribution in [2.45, 2.75) is 23.9 Å². The molecule has 2 rings (SSSR count). The Morgan fingerprint density at radius 3 is 2.28 bits per heavy atom. The van der Waals surface area contributed by atoms with Gasteiger partial charge >= 0.3 is 5.97 Å². The van der Waals surface area contributed by atoms with Crippen LogP contribution in [-0.2, 0) is 14.8 Å². The summed E-state index contributed by atoms with van der Waals surface area (Å²) in [4.78, 5) is 11.3. The SMILES string of the molecule is Cc1ccc(S(=O)(=O)N[C@@H](/C=C/c2ccccc2)[C@@H](N)C(=O)O)cc1. The number of carboxylic acid groups (broad SMARTS) is 1. The zero-order valence-corrected chi connectivity index (χ0v) is 14.5. The number of aryl methyl sites for hydroxylation is 1. The van der Waals surface area contributed by atoms with Crippen LogP contribution in [0.25, 0.3) is 6.08 Å². The summed E-state index contributed by atoms with van der Waals surface area (Å²) in [5, 5.41) is 9.16. The van der Waals surface area contributed by atoms with Crippen molar-refractivity contribution in [1.82, 2.24) is 4.72 Å². The second-order valence-corrected chi connectivity index (χ2v) is 7.31. The van der Waals surface area contributed by atoms with E-state index < -0.39 is 28.1 Å². The molecule has 0 saturated carbocycles. The highest BCUT2D eigenvalue weighted by atomic mass is 32.2. The quantitative estimate of drug-likeness (QED) is 0.697. The van der Waals surface area contributed by atoms with Crippen LogP contribution in [0.15, 0.2) is 65.6 Å². The standard InChI is InChI=1S/C18H20N2O4S/c1-13-7-10-15(11-8-13)25(23,24)20-16(17(19)18(21)22)12-9-14-5-3-2-4-6-14/h2-12,16-17,20H,19H2,1H3,(H,21,22)/b12-9+/t16-,17+/m0/s1. The minimum absolute atomic E-state index is 0.0498. The van der Waals surface area contributed by atoms with Gasteiger partial charge in [0.2, 0.25) is 10.0 Å². The fraction of sp³-hybridized carbons (Fsp3) is 0.167. The third-order valence-corrected chi connectivity index (χ3v) is 5.07. The maximum Gasteiger partial charge on any atom is 0.322 e. The average Bonchev–Trinajstić information content (AvgIpc) is 2.59. The Balaban J connectivity index is 2.28. The van der Waals surface area contributed by atoms with Gasteiger partial charge in [-0.15, -0.1) is 0 Å². The van der Waals surface area contributed by atoms with Gasteiger partial charge < -0.3 is 10.8 Å². The lowest BCUT2D eigenvalue weighted by molar-refractivity contribution is -0.138. The zero-order valence-electron chi connectivity index (χ0n) is 13.7. The minimum Gasteiger partial charge on any atom is -0.480 e. The van der Waals surface area contributed by atoms with E-state index in [2.05, 4.69) is 4.72 Å². The van der Waals surface area contributed by atoms with E-state index >= 15 is 0 Å². The topological polar surface area (TPSA) is 109 Å². The van der Waals surface area contributed by atoms with Crippen LogP contribution < -0.4 is 10.5 Å². The fourth-order valence-electron chi connectivity index (χ4n) is 2.13. The number of carboxylic acids is 1. The van der Waals surface area contributed by atoms with Crippen molar-refractivity contribution in [3.05, 3.63) is 71.8 Å². The van der Waals surface area contributed by atoms with Gasteiger partial charge in [-0.1, -0.05) is 60.2 Å². The summed E-state index contributed by atoms with van der Waals surface area (Å²) < 4.78 is 27.4. The highest BCUT2D eigenvalue weighted by Crippen LogP contribution is 2.12. The van der Waals surface area contributed by atoms with Crippen molar-refractivity contribution in [2.75, 3.05) is 0 Å². The molecule has 0 saturated heterocycles. The van der Waals surface area contributed by atoms with Gasteiger partial charge in [-0.25, -0.2) is 13.1 Å². The molecule has 0 fully saturated rings. The maximum absolute atomic E-state index is 12.5. The zero-order chi connectivity index (χ0) is 18.4. The smallest absolute Gasteiger partial charge is 0.322 e. The molecule has 2 aromatic carbocycles. The lowest BCUT2D eigenvalue weighted by Crippen LogP contribution is -2.50. The van der Waals surface area contributed by atoms with Crippen LogP contribution in [-0.4, -0.2) is 31.6 Å². The Hall–Kier alpha value is -2.48. The molecule has 0 aromatic heterocycles. The highest BCUT2D eigenvalue weighted by Gasteiger charge is 2.27. The van der Waals surface area contributed by atoms with Gasteiger partial charge in [-0.2, -0.15) is 0 Å². The second-order valence-electron chi connectivity index (χ2n) is 5.59. The summed E-state index contributed by atoms with van der Waals surface area (Å²) in [7, 11) is -3.90. The van der Waals surface area contributed by atoms with Crippen LogP contribution >= 0.6 is 0 Å². The van der Waals surface area contributed by atoms with E-state index in [0.717, 1.165) is 11.1 Å². The number of benzene rings is 2. The normalized spacial score (nSPS) is 14.3. The van der Waals surface area contributed by atoms with Crippen molar-refractivity contribution < 1.29 is 18.3 Å². The predicted molar refractivity (Wildman–Crippen MR) is 96.4 cm³/mol. The molecule has 132 valence electrons. The van der Waals surface area contributed by atoms with Gasteiger partial charge in [0.15, 0.2) is 0 Å². The monoisotopic (exact) mass is 360 g/mol. The van der Waals surface area contributed by atoms with Gasteiger partial charge in [-0.3, -0.25) is 4.79 Å². The van der Waals surface area contributed by atoms with Gasteiger partial charge in [0.05, 0.1) is 10.9 Å². The van der Waals surface area contributed by atoms with Gasteiger partial charge in [0.25, 0.3) is 0 Å². The highest BCUT2D eigenvalue weighted by molar-refractivity contribution is 7.89. The van der Waals surface area contributed by atoms with E-state index in [1.807, 2.05) is 37.3 Å². The van der Waals surface area contributed by atoms with Crippen LogP contribution in [0, 0.1) is 6.92 Å². The van der Waals surface area contributed by atoms with Crippen LogP contribution in [0.1, 0.15) is 11.1 Å². The maximum atomic E-state index is 12.5. The summed E-state index contributed by atoms with van der Waals surface area (Å²) in [5.74, 6) is -1.30. The van der Waals surface area contributed by atoms with Gasteiger partial charge in [0, 0.05) is 0 Å². The van der Waals surface area contributed by atoms with E-state index in [1.54, 1.807) is 18.2 Å². The predicted octanol–water partition coefficient (Wildman–Crippen LogP) is 1.77. The molecule has 6 nitrogen and oxygen atoms in total. The summed E-state index contributed by atoms with van der Waals surface area (Å²) >= 11 is 0. The molecule has 0 spiro atoms. The Bertz CT molecular complexity index is 846. The van der Waals surface area contributed by atoms with Gasteiger partial charge in [-0.05, 0) is 24.6 Å². The van der Waals surface area contributed by atoms with Crippen LogP contribution in [0.2, 0.25) is 0 Å². The molecule has 0 bridgehead atoms. The Morgan fingerprint density at radius 2 is 1.72 bits per heavy atom. The number of nitrogens with two attached hydrogens (primary N) is 1. The Kier molecular flexibility index (Phi) is 6.08. The molecule has 7 heteroatoms. The molecule has 2 aromatic rings. The molecule has 0 radical (unpaired) electrons. The van der Waals surface area contributed by atoms with Crippen molar-refractivity contribution in [3.8, 4) is 0 Å². The average molecular weight is 360 g/mol. The summed E-state index contributed by atoms with van der Waals surface area (Å²) in [5.41, 5.74) is 7.38. The third kappa shape index (κ3) is 5.25. The fourth-order valence-corrected chi connectivity index (χ4v) is 3.34. The van der Waals surface area contributed by atoms with E-state index in [9.17, 15) is 13.2 Å². The number of hydrogen-bond donors (Lipinski definition) is 3. The summed E-state index contributed by atoms with van der Waals surface area (Å²) in [6, 6.07) is 12.9. The molecule has 0 unspecified atom stereocenters. The molecule has 0 amide bonds. The Labute approximate surface area is 147 Å². The van der Waals surface area contributed by atoms with Crippen molar-refractivity contribution in [3.63, 3.8) is 0 Å². The van der Waals surface area contributed by atoms with Crippen LogP contribution in [0.5, 0.6) is 0 Å². The van der Waals surface area contributed by atoms with Crippen molar-refractivity contribution >= 4 is 22.1 Å².